The van der Waals surface area contributed by atoms with Gasteiger partial charge in [-0.1, -0.05) is 11.8 Å². The van der Waals surface area contributed by atoms with E-state index in [1.54, 1.807) is 48.3 Å². The summed E-state index contributed by atoms with van der Waals surface area (Å²) >= 11 is 2.84. The van der Waals surface area contributed by atoms with Crippen LogP contribution in [0.3, 0.4) is 0 Å². The van der Waals surface area contributed by atoms with E-state index in [0.717, 1.165) is 35.0 Å². The SMILES string of the molecule is COCCn1c(SCC(=O)Nc2ccc(OC)cc2OC)nc2sc3c(c2c1=O)CCC3. The van der Waals surface area contributed by atoms with Crippen LogP contribution in [0.25, 0.3) is 10.2 Å². The molecule has 0 saturated carbocycles. The van der Waals surface area contributed by atoms with Crippen molar-refractivity contribution < 1.29 is 19.0 Å². The summed E-state index contributed by atoms with van der Waals surface area (Å²) in [5, 5.41) is 4.11. The van der Waals surface area contributed by atoms with Crippen LogP contribution < -0.4 is 20.3 Å². The molecular formula is C22H25N3O5S2. The third-order valence-electron chi connectivity index (χ3n) is 5.32. The summed E-state index contributed by atoms with van der Waals surface area (Å²) < 4.78 is 17.3. The molecule has 1 N–H and O–H groups in total. The second kappa shape index (κ2) is 9.93. The number of thioether (sulfide) groups is 1. The minimum Gasteiger partial charge on any atom is -0.497 e. The first kappa shape index (κ1) is 22.6. The first-order valence-electron chi connectivity index (χ1n) is 10.2. The Morgan fingerprint density at radius 3 is 2.84 bits per heavy atom. The number of aryl methyl sites for hydroxylation is 2. The third kappa shape index (κ3) is 4.48. The quantitative estimate of drug-likeness (QED) is 0.375. The molecule has 1 aliphatic rings. The number of carbonyl (C=O) groups is 1. The number of anilines is 1. The number of benzene rings is 1. The van der Waals surface area contributed by atoms with Gasteiger partial charge in [0.2, 0.25) is 5.91 Å². The lowest BCUT2D eigenvalue weighted by Crippen LogP contribution is -2.26. The van der Waals surface area contributed by atoms with E-state index in [2.05, 4.69) is 5.32 Å². The number of nitrogens with one attached hydrogen (secondary N) is 1. The van der Waals surface area contributed by atoms with E-state index in [0.29, 0.717) is 35.5 Å². The summed E-state index contributed by atoms with van der Waals surface area (Å²) in [5.74, 6) is 1.02. The first-order chi connectivity index (χ1) is 15.5. The molecule has 0 unspecified atom stereocenters. The molecule has 0 radical (unpaired) electrons. The molecule has 2 aromatic heterocycles. The number of hydrogen-bond donors (Lipinski definition) is 1. The fourth-order valence-corrected chi connectivity index (χ4v) is 5.89. The molecule has 1 aliphatic carbocycles. The molecule has 0 bridgehead atoms. The number of fused-ring (bicyclic) bond motifs is 3. The Morgan fingerprint density at radius 2 is 2.09 bits per heavy atom. The van der Waals surface area contributed by atoms with Crippen molar-refractivity contribution in [1.82, 2.24) is 9.55 Å². The second-order valence-corrected chi connectivity index (χ2v) is 9.31. The number of aromatic nitrogens is 2. The van der Waals surface area contributed by atoms with Crippen LogP contribution in [0.15, 0.2) is 28.2 Å². The Labute approximate surface area is 193 Å². The minimum atomic E-state index is -0.222. The van der Waals surface area contributed by atoms with E-state index in [1.165, 1.54) is 23.7 Å². The number of methoxy groups -OCH3 is 3. The van der Waals surface area contributed by atoms with Crippen LogP contribution >= 0.6 is 23.1 Å². The van der Waals surface area contributed by atoms with Crippen molar-refractivity contribution in [3.8, 4) is 11.5 Å². The minimum absolute atomic E-state index is 0.0498. The lowest BCUT2D eigenvalue weighted by molar-refractivity contribution is -0.113. The largest absolute Gasteiger partial charge is 0.497 e. The van der Waals surface area contributed by atoms with Crippen LogP contribution in [0, 0.1) is 0 Å². The number of carbonyl (C=O) groups excluding carboxylic acids is 1. The lowest BCUT2D eigenvalue weighted by Gasteiger charge is -2.13. The van der Waals surface area contributed by atoms with Gasteiger partial charge >= 0.3 is 0 Å². The molecule has 32 heavy (non-hydrogen) atoms. The topological polar surface area (TPSA) is 91.7 Å². The van der Waals surface area contributed by atoms with Crippen LogP contribution in [0.4, 0.5) is 5.69 Å². The highest BCUT2D eigenvalue weighted by molar-refractivity contribution is 7.99. The first-order valence-corrected chi connectivity index (χ1v) is 12.0. The molecule has 2 heterocycles. The molecule has 1 amide bonds. The molecule has 0 fully saturated rings. The Kier molecular flexibility index (Phi) is 7.02. The van der Waals surface area contributed by atoms with Gasteiger partial charge in [-0.05, 0) is 37.0 Å². The van der Waals surface area contributed by atoms with Gasteiger partial charge in [0.05, 0.1) is 44.2 Å². The van der Waals surface area contributed by atoms with Crippen molar-refractivity contribution in [2.45, 2.75) is 31.0 Å². The van der Waals surface area contributed by atoms with Gasteiger partial charge in [0, 0.05) is 18.1 Å². The fourth-order valence-electron chi connectivity index (χ4n) is 3.77. The Balaban J connectivity index is 1.56. The third-order valence-corrected chi connectivity index (χ3v) is 7.49. The normalized spacial score (nSPS) is 12.7. The van der Waals surface area contributed by atoms with Crippen LogP contribution in [-0.4, -0.2) is 49.1 Å². The number of rotatable bonds is 9. The molecule has 1 aromatic carbocycles. The van der Waals surface area contributed by atoms with E-state index in [9.17, 15) is 9.59 Å². The van der Waals surface area contributed by atoms with Crippen molar-refractivity contribution in [2.75, 3.05) is 39.0 Å². The van der Waals surface area contributed by atoms with Crippen LogP contribution in [-0.2, 0) is 28.9 Å². The standard InChI is InChI=1S/C22H25N3O5S2/c1-28-10-9-25-21(27)19-14-5-4-6-17(14)32-20(19)24-22(25)31-12-18(26)23-15-8-7-13(29-2)11-16(15)30-3/h7-8,11H,4-6,9-10,12H2,1-3H3,(H,23,26). The molecular weight excluding hydrogens is 450 g/mol. The molecule has 0 saturated heterocycles. The molecule has 8 nitrogen and oxygen atoms in total. The van der Waals surface area contributed by atoms with E-state index < -0.39 is 0 Å². The zero-order chi connectivity index (χ0) is 22.7. The van der Waals surface area contributed by atoms with E-state index in [1.807, 2.05) is 0 Å². The molecule has 170 valence electrons. The average Bonchev–Trinajstić information content (AvgIpc) is 3.38. The Hall–Kier alpha value is -2.56. The number of amides is 1. The van der Waals surface area contributed by atoms with E-state index in [4.69, 9.17) is 19.2 Å². The lowest BCUT2D eigenvalue weighted by atomic mass is 10.2. The molecule has 4 rings (SSSR count). The summed E-state index contributed by atoms with van der Waals surface area (Å²) in [7, 11) is 4.70. The Morgan fingerprint density at radius 1 is 1.25 bits per heavy atom. The monoisotopic (exact) mass is 475 g/mol. The highest BCUT2D eigenvalue weighted by Gasteiger charge is 2.23. The summed E-state index contributed by atoms with van der Waals surface area (Å²) in [4.78, 5) is 32.7. The molecule has 0 aliphatic heterocycles. The van der Waals surface area contributed by atoms with Crippen LogP contribution in [0.2, 0.25) is 0 Å². The summed E-state index contributed by atoms with van der Waals surface area (Å²) in [6, 6.07) is 5.18. The van der Waals surface area contributed by atoms with Gasteiger partial charge in [-0.3, -0.25) is 14.2 Å². The number of thiophene rings is 1. The molecule has 3 aromatic rings. The predicted octanol–water partition coefficient (Wildman–Crippen LogP) is 3.34. The number of ether oxygens (including phenoxy) is 3. The van der Waals surface area contributed by atoms with E-state index in [-0.39, 0.29) is 17.2 Å². The van der Waals surface area contributed by atoms with Gasteiger partial charge in [-0.2, -0.15) is 0 Å². The van der Waals surface area contributed by atoms with Gasteiger partial charge in [0.1, 0.15) is 16.3 Å². The smallest absolute Gasteiger partial charge is 0.263 e. The second-order valence-electron chi connectivity index (χ2n) is 7.28. The molecule has 10 heteroatoms. The summed E-state index contributed by atoms with van der Waals surface area (Å²) in [6.07, 6.45) is 3.01. The number of hydrogen-bond acceptors (Lipinski definition) is 8. The van der Waals surface area contributed by atoms with Crippen molar-refractivity contribution in [2.24, 2.45) is 0 Å². The zero-order valence-corrected chi connectivity index (χ0v) is 19.9. The predicted molar refractivity (Wildman–Crippen MR) is 127 cm³/mol. The summed E-state index contributed by atoms with van der Waals surface area (Å²) in [5.41, 5.74) is 1.65. The maximum atomic E-state index is 13.3. The van der Waals surface area contributed by atoms with Crippen molar-refractivity contribution in [1.29, 1.82) is 0 Å². The van der Waals surface area contributed by atoms with Gasteiger partial charge < -0.3 is 19.5 Å². The zero-order valence-electron chi connectivity index (χ0n) is 18.2. The fraction of sp³-hybridized carbons (Fsp3) is 0.409. The van der Waals surface area contributed by atoms with Gasteiger partial charge in [0.15, 0.2) is 5.16 Å². The summed E-state index contributed by atoms with van der Waals surface area (Å²) in [6.45, 7) is 0.779. The highest BCUT2D eigenvalue weighted by Crippen LogP contribution is 2.35. The molecule has 0 atom stereocenters. The van der Waals surface area contributed by atoms with Gasteiger partial charge in [-0.25, -0.2) is 4.98 Å². The maximum Gasteiger partial charge on any atom is 0.263 e. The average molecular weight is 476 g/mol. The van der Waals surface area contributed by atoms with Crippen molar-refractivity contribution in [3.05, 3.63) is 39.0 Å². The van der Waals surface area contributed by atoms with Gasteiger partial charge in [0.25, 0.3) is 5.56 Å². The number of nitrogens with zero attached hydrogens (tertiary/aromatic N) is 2. The van der Waals surface area contributed by atoms with Gasteiger partial charge in [-0.15, -0.1) is 11.3 Å². The van der Waals surface area contributed by atoms with E-state index >= 15 is 0 Å². The molecule has 0 spiro atoms. The maximum absolute atomic E-state index is 13.3. The highest BCUT2D eigenvalue weighted by atomic mass is 32.2. The van der Waals surface area contributed by atoms with Crippen molar-refractivity contribution in [3.63, 3.8) is 0 Å². The Bertz CT molecular complexity index is 1200. The van der Waals surface area contributed by atoms with Crippen LogP contribution in [0.1, 0.15) is 16.9 Å². The van der Waals surface area contributed by atoms with Crippen LogP contribution in [0.5, 0.6) is 11.5 Å². The van der Waals surface area contributed by atoms with Crippen molar-refractivity contribution >= 4 is 44.9 Å².